The van der Waals surface area contributed by atoms with E-state index in [9.17, 15) is 4.39 Å². The summed E-state index contributed by atoms with van der Waals surface area (Å²) in [7, 11) is 0. The van der Waals surface area contributed by atoms with Gasteiger partial charge in [0.05, 0.1) is 4.47 Å². The summed E-state index contributed by atoms with van der Waals surface area (Å²) in [4.78, 5) is 1.29. The lowest BCUT2D eigenvalue weighted by Crippen LogP contribution is -2.23. The average molecular weight is 421 g/mol. The molecule has 0 aliphatic rings. The fourth-order valence-corrected chi connectivity index (χ4v) is 4.18. The molecule has 0 bridgehead atoms. The lowest BCUT2D eigenvalue weighted by atomic mass is 10.0. The van der Waals surface area contributed by atoms with Gasteiger partial charge < -0.3 is 5.32 Å². The second-order valence-corrected chi connectivity index (χ2v) is 7.25. The molecule has 2 rings (SSSR count). The Hall–Kier alpha value is -0.230. The van der Waals surface area contributed by atoms with Gasteiger partial charge in [-0.3, -0.25) is 0 Å². The molecule has 0 saturated heterocycles. The fraction of sp³-hybridized carbons (Fsp3) is 0.333. The van der Waals surface area contributed by atoms with Crippen LogP contribution in [0.1, 0.15) is 29.8 Å². The fourth-order valence-electron chi connectivity index (χ4n) is 2.03. The molecule has 20 heavy (non-hydrogen) atoms. The Balaban J connectivity index is 2.19. The Morgan fingerprint density at radius 3 is 2.65 bits per heavy atom. The Morgan fingerprint density at radius 1 is 1.25 bits per heavy atom. The second-order valence-electron chi connectivity index (χ2n) is 4.59. The van der Waals surface area contributed by atoms with Crippen molar-refractivity contribution in [3.63, 3.8) is 0 Å². The molecule has 1 atom stereocenters. The van der Waals surface area contributed by atoms with Crippen LogP contribution in [-0.4, -0.2) is 6.54 Å². The molecule has 2 aromatic rings. The molecule has 1 N–H and O–H groups in total. The van der Waals surface area contributed by atoms with Gasteiger partial charge in [-0.1, -0.05) is 13.0 Å². The second kappa shape index (κ2) is 7.69. The van der Waals surface area contributed by atoms with Crippen LogP contribution < -0.4 is 5.32 Å². The Kier molecular flexibility index (Phi) is 6.20. The van der Waals surface area contributed by atoms with Crippen LogP contribution in [0.25, 0.3) is 0 Å². The van der Waals surface area contributed by atoms with Gasteiger partial charge in [0.25, 0.3) is 0 Å². The van der Waals surface area contributed by atoms with Crippen LogP contribution in [0.2, 0.25) is 0 Å². The summed E-state index contributed by atoms with van der Waals surface area (Å²) in [5.74, 6) is -0.218. The molecular weight excluding hydrogens is 405 g/mol. The van der Waals surface area contributed by atoms with E-state index in [2.05, 4.69) is 55.5 Å². The summed E-state index contributed by atoms with van der Waals surface area (Å²) < 4.78 is 15.0. The number of nitrogens with one attached hydrogen (secondary N) is 1. The summed E-state index contributed by atoms with van der Waals surface area (Å²) in [6, 6.07) is 7.54. The van der Waals surface area contributed by atoms with Gasteiger partial charge in [0, 0.05) is 15.4 Å². The molecule has 1 heterocycles. The highest BCUT2D eigenvalue weighted by Gasteiger charge is 2.16. The van der Waals surface area contributed by atoms with Crippen molar-refractivity contribution in [1.29, 1.82) is 0 Å². The molecule has 0 saturated carbocycles. The van der Waals surface area contributed by atoms with Crippen molar-refractivity contribution in [3.8, 4) is 0 Å². The van der Waals surface area contributed by atoms with Crippen molar-refractivity contribution < 1.29 is 4.39 Å². The molecule has 108 valence electrons. The predicted molar refractivity (Wildman–Crippen MR) is 90.9 cm³/mol. The molecule has 1 aromatic carbocycles. The highest BCUT2D eigenvalue weighted by atomic mass is 79.9. The van der Waals surface area contributed by atoms with Crippen LogP contribution in [0.5, 0.6) is 0 Å². The zero-order chi connectivity index (χ0) is 14.5. The van der Waals surface area contributed by atoms with E-state index in [0.29, 0.717) is 4.47 Å². The van der Waals surface area contributed by atoms with E-state index >= 15 is 0 Å². The van der Waals surface area contributed by atoms with E-state index in [4.69, 9.17) is 0 Å². The molecule has 1 aromatic heterocycles. The van der Waals surface area contributed by atoms with Crippen LogP contribution in [-0.2, 0) is 6.42 Å². The lowest BCUT2D eigenvalue weighted by molar-refractivity contribution is 0.534. The molecule has 1 nitrogen and oxygen atoms in total. The minimum atomic E-state index is -0.218. The van der Waals surface area contributed by atoms with Crippen LogP contribution in [0.15, 0.2) is 38.6 Å². The van der Waals surface area contributed by atoms with Gasteiger partial charge in [-0.15, -0.1) is 11.3 Å². The first kappa shape index (κ1) is 16.1. The van der Waals surface area contributed by atoms with E-state index < -0.39 is 0 Å². The van der Waals surface area contributed by atoms with Crippen molar-refractivity contribution in [3.05, 3.63) is 54.8 Å². The first-order chi connectivity index (χ1) is 9.61. The predicted octanol–water partition coefficient (Wildman–Crippen LogP) is 5.70. The van der Waals surface area contributed by atoms with Crippen molar-refractivity contribution in [2.24, 2.45) is 0 Å². The standard InChI is InChI=1S/C15H16Br2FNS/c1-2-6-19-14(15-11(16)5-7-20-15)9-10-3-4-13(18)12(17)8-10/h3-5,7-8,14,19H,2,6,9H2,1H3. The number of benzene rings is 1. The van der Waals surface area contributed by atoms with Crippen molar-refractivity contribution in [1.82, 2.24) is 5.32 Å². The normalized spacial score (nSPS) is 12.6. The van der Waals surface area contributed by atoms with Crippen LogP contribution >= 0.6 is 43.2 Å². The Labute approximate surface area is 139 Å². The van der Waals surface area contributed by atoms with E-state index in [1.165, 1.54) is 10.9 Å². The maximum atomic E-state index is 13.3. The summed E-state index contributed by atoms with van der Waals surface area (Å²) in [5, 5.41) is 5.65. The molecule has 5 heteroatoms. The zero-order valence-electron chi connectivity index (χ0n) is 11.1. The van der Waals surface area contributed by atoms with Crippen molar-refractivity contribution in [2.75, 3.05) is 6.54 Å². The highest BCUT2D eigenvalue weighted by Crippen LogP contribution is 2.31. The van der Waals surface area contributed by atoms with E-state index in [1.807, 2.05) is 12.1 Å². The molecule has 0 aliphatic heterocycles. The molecular formula is C15H16Br2FNS. The van der Waals surface area contributed by atoms with Gasteiger partial charge in [-0.2, -0.15) is 0 Å². The number of rotatable bonds is 6. The summed E-state index contributed by atoms with van der Waals surface area (Å²) >= 11 is 8.59. The van der Waals surface area contributed by atoms with Crippen molar-refractivity contribution in [2.45, 2.75) is 25.8 Å². The molecule has 0 aliphatic carbocycles. The molecule has 0 spiro atoms. The minimum absolute atomic E-state index is 0.218. The van der Waals surface area contributed by atoms with Crippen LogP contribution in [0.3, 0.4) is 0 Å². The summed E-state index contributed by atoms with van der Waals surface area (Å²) in [6.45, 7) is 3.12. The van der Waals surface area contributed by atoms with Gasteiger partial charge >= 0.3 is 0 Å². The number of thiophene rings is 1. The van der Waals surface area contributed by atoms with Gasteiger partial charge in [0.15, 0.2) is 0 Å². The first-order valence-corrected chi connectivity index (χ1v) is 8.98. The minimum Gasteiger partial charge on any atom is -0.309 e. The van der Waals surface area contributed by atoms with E-state index in [0.717, 1.165) is 29.4 Å². The van der Waals surface area contributed by atoms with Gasteiger partial charge in [0.2, 0.25) is 0 Å². The molecule has 1 unspecified atom stereocenters. The quantitative estimate of drug-likeness (QED) is 0.632. The number of hydrogen-bond acceptors (Lipinski definition) is 2. The van der Waals surface area contributed by atoms with E-state index in [-0.39, 0.29) is 11.9 Å². The molecule has 0 radical (unpaired) electrons. The SMILES string of the molecule is CCCNC(Cc1ccc(F)c(Br)c1)c1sccc1Br. The number of halogens is 3. The first-order valence-electron chi connectivity index (χ1n) is 6.52. The van der Waals surface area contributed by atoms with Gasteiger partial charge in [0.1, 0.15) is 5.82 Å². The molecule has 0 fully saturated rings. The third-order valence-electron chi connectivity index (χ3n) is 3.03. The zero-order valence-corrected chi connectivity index (χ0v) is 15.1. The third-order valence-corrected chi connectivity index (χ3v) is 5.62. The smallest absolute Gasteiger partial charge is 0.137 e. The maximum Gasteiger partial charge on any atom is 0.137 e. The van der Waals surface area contributed by atoms with Gasteiger partial charge in [-0.05, 0) is 80.4 Å². The topological polar surface area (TPSA) is 12.0 Å². The average Bonchev–Trinajstić information content (AvgIpc) is 2.85. The monoisotopic (exact) mass is 419 g/mol. The Morgan fingerprint density at radius 2 is 2.05 bits per heavy atom. The highest BCUT2D eigenvalue weighted by molar-refractivity contribution is 9.10. The number of hydrogen-bond donors (Lipinski definition) is 1. The third kappa shape index (κ3) is 4.13. The van der Waals surface area contributed by atoms with Crippen LogP contribution in [0.4, 0.5) is 4.39 Å². The lowest BCUT2D eigenvalue weighted by Gasteiger charge is -2.18. The largest absolute Gasteiger partial charge is 0.309 e. The Bertz CT molecular complexity index is 571. The summed E-state index contributed by atoms with van der Waals surface area (Å²) in [6.07, 6.45) is 1.94. The molecule has 0 amide bonds. The van der Waals surface area contributed by atoms with Crippen molar-refractivity contribution >= 4 is 43.2 Å². The maximum absolute atomic E-state index is 13.3. The van der Waals surface area contributed by atoms with E-state index in [1.54, 1.807) is 11.3 Å². The summed E-state index contributed by atoms with van der Waals surface area (Å²) in [5.41, 5.74) is 1.12. The van der Waals surface area contributed by atoms with Gasteiger partial charge in [-0.25, -0.2) is 4.39 Å². The van der Waals surface area contributed by atoms with Crippen LogP contribution in [0, 0.1) is 5.82 Å².